The molecular weight excluding hydrogens is 468 g/mol. The molecule has 1 aliphatic heterocycles. The minimum absolute atomic E-state index is 0.0762. The molecule has 36 heavy (non-hydrogen) atoms. The Morgan fingerprint density at radius 3 is 2.31 bits per heavy atom. The molecular formula is C27H22O9. The lowest BCUT2D eigenvalue weighted by atomic mass is 9.66. The van der Waals surface area contributed by atoms with E-state index in [0.717, 1.165) is 0 Å². The van der Waals surface area contributed by atoms with Crippen molar-refractivity contribution in [3.8, 4) is 23.0 Å². The molecule has 7 rings (SSSR count). The summed E-state index contributed by atoms with van der Waals surface area (Å²) < 4.78 is 23.1. The van der Waals surface area contributed by atoms with Crippen LogP contribution in [-0.4, -0.2) is 48.5 Å². The summed E-state index contributed by atoms with van der Waals surface area (Å²) >= 11 is 0. The smallest absolute Gasteiger partial charge is 0.230 e. The van der Waals surface area contributed by atoms with Gasteiger partial charge in [0.1, 0.15) is 23.4 Å². The van der Waals surface area contributed by atoms with E-state index in [2.05, 4.69) is 0 Å². The van der Waals surface area contributed by atoms with Gasteiger partial charge in [-0.15, -0.1) is 0 Å². The highest BCUT2D eigenvalue weighted by atomic mass is 16.7. The first-order chi connectivity index (χ1) is 17.2. The van der Waals surface area contributed by atoms with Gasteiger partial charge in [-0.1, -0.05) is 0 Å². The third kappa shape index (κ3) is 2.20. The van der Waals surface area contributed by atoms with Gasteiger partial charge in [-0.25, -0.2) is 0 Å². The van der Waals surface area contributed by atoms with Crippen LogP contribution in [0.5, 0.6) is 23.0 Å². The van der Waals surface area contributed by atoms with Crippen molar-refractivity contribution in [2.75, 3.05) is 21.0 Å². The Balaban J connectivity index is 1.92. The van der Waals surface area contributed by atoms with E-state index < -0.39 is 28.5 Å². The number of benzene rings is 4. The van der Waals surface area contributed by atoms with Crippen LogP contribution in [0.3, 0.4) is 0 Å². The van der Waals surface area contributed by atoms with Crippen molar-refractivity contribution in [2.24, 2.45) is 0 Å². The van der Waals surface area contributed by atoms with E-state index in [1.165, 1.54) is 26.4 Å². The molecule has 0 spiro atoms. The summed E-state index contributed by atoms with van der Waals surface area (Å²) in [5.74, 6) is 0.148. The van der Waals surface area contributed by atoms with Crippen molar-refractivity contribution in [1.29, 1.82) is 0 Å². The fourth-order valence-electron chi connectivity index (χ4n) is 7.11. The van der Waals surface area contributed by atoms with E-state index in [0.29, 0.717) is 38.1 Å². The summed E-state index contributed by atoms with van der Waals surface area (Å²) in [6.07, 6.45) is -1.35. The number of phenols is 1. The molecule has 0 amide bonds. The third-order valence-electron chi connectivity index (χ3n) is 8.06. The molecule has 4 aromatic carbocycles. The van der Waals surface area contributed by atoms with E-state index in [9.17, 15) is 24.9 Å². The largest absolute Gasteiger partial charge is 0.509 e. The molecule has 9 heteroatoms. The van der Waals surface area contributed by atoms with Crippen molar-refractivity contribution in [1.82, 2.24) is 0 Å². The standard InChI is InChI=1S/C27H22O9/c1-9(28)6-27-7-10-15-20-16(23(31)25(10)33-2)11(29)4-13-18(20)19-14(36-8-35-13)5-12(30)17(21(19)22(15)27)24(32)26(27)34-3/h4-5,9,26,28,31-32H,6-8H2,1-3H3. The van der Waals surface area contributed by atoms with Gasteiger partial charge in [0.15, 0.2) is 22.4 Å². The lowest BCUT2D eigenvalue weighted by Crippen LogP contribution is -2.50. The van der Waals surface area contributed by atoms with Gasteiger partial charge >= 0.3 is 0 Å². The quantitative estimate of drug-likeness (QED) is 0.289. The van der Waals surface area contributed by atoms with Crippen molar-refractivity contribution in [2.45, 2.75) is 37.4 Å². The van der Waals surface area contributed by atoms with Crippen LogP contribution < -0.4 is 30.3 Å². The summed E-state index contributed by atoms with van der Waals surface area (Å²) in [5.41, 5.74) is -0.615. The van der Waals surface area contributed by atoms with Gasteiger partial charge in [0.25, 0.3) is 0 Å². The summed E-state index contributed by atoms with van der Waals surface area (Å²) in [7, 11) is 2.86. The zero-order chi connectivity index (χ0) is 25.3. The predicted octanol–water partition coefficient (Wildman–Crippen LogP) is 1.73. The average molecular weight is 490 g/mol. The topological polar surface area (TPSA) is 132 Å². The molecule has 0 radical (unpaired) electrons. The molecule has 3 atom stereocenters. The average Bonchev–Trinajstić information content (AvgIpc) is 3.03. The molecule has 3 unspecified atom stereocenters. The lowest BCUT2D eigenvalue weighted by molar-refractivity contribution is 0.0284. The molecule has 3 aliphatic rings. The maximum atomic E-state index is 13.4. The third-order valence-corrected chi connectivity index (χ3v) is 8.06. The number of ether oxygens (including phenoxy) is 4. The SMILES string of the molecule is COc1c2c3c4c5c(c(=O)cc6c5c5c(cc(=O)c(c1O)c35)OCO6)=C(O)C(OC)C4(CC(C)O)C2. The van der Waals surface area contributed by atoms with Gasteiger partial charge in [0.05, 0.1) is 23.8 Å². The van der Waals surface area contributed by atoms with Crippen LogP contribution >= 0.6 is 0 Å². The molecule has 184 valence electrons. The molecule has 0 aromatic heterocycles. The Labute approximate surface area is 203 Å². The molecule has 0 saturated carbocycles. The van der Waals surface area contributed by atoms with Crippen molar-refractivity contribution < 1.29 is 34.3 Å². The van der Waals surface area contributed by atoms with Crippen LogP contribution in [0.1, 0.15) is 24.5 Å². The van der Waals surface area contributed by atoms with Gasteiger partial charge in [-0.2, -0.15) is 0 Å². The Hall–Kier alpha value is -3.82. The molecule has 1 heterocycles. The summed E-state index contributed by atoms with van der Waals surface area (Å²) in [4.78, 5) is 26.7. The number of aliphatic hydroxyl groups is 2. The highest BCUT2D eigenvalue weighted by Crippen LogP contribution is 2.60. The van der Waals surface area contributed by atoms with Crippen molar-refractivity contribution >= 4 is 38.1 Å². The second-order valence-electron chi connectivity index (χ2n) is 9.90. The number of rotatable bonds is 4. The first kappa shape index (κ1) is 21.5. The molecule has 9 nitrogen and oxygen atoms in total. The van der Waals surface area contributed by atoms with E-state index in [1.807, 2.05) is 0 Å². The van der Waals surface area contributed by atoms with Gasteiger partial charge in [0, 0.05) is 51.8 Å². The number of hydrogen-bond donors (Lipinski definition) is 3. The van der Waals surface area contributed by atoms with E-state index in [1.54, 1.807) is 6.92 Å². The molecule has 4 aromatic rings. The van der Waals surface area contributed by atoms with Crippen LogP contribution in [0.4, 0.5) is 0 Å². The predicted molar refractivity (Wildman–Crippen MR) is 131 cm³/mol. The normalized spacial score (nSPS) is 22.4. The second kappa shape index (κ2) is 6.68. The Bertz CT molecular complexity index is 1840. The van der Waals surface area contributed by atoms with Crippen LogP contribution in [0.15, 0.2) is 21.7 Å². The minimum atomic E-state index is -1.01. The number of phenolic OH excluding ortho intramolecular Hbond substituents is 1. The fraction of sp³-hybridized carbons (Fsp3) is 0.333. The molecule has 0 saturated heterocycles. The Morgan fingerprint density at radius 1 is 1.00 bits per heavy atom. The zero-order valence-electron chi connectivity index (χ0n) is 19.7. The van der Waals surface area contributed by atoms with Crippen LogP contribution in [-0.2, 0) is 16.6 Å². The fourth-order valence-corrected chi connectivity index (χ4v) is 7.11. The van der Waals surface area contributed by atoms with E-state index in [4.69, 9.17) is 18.9 Å². The van der Waals surface area contributed by atoms with Crippen LogP contribution in [0, 0.1) is 0 Å². The van der Waals surface area contributed by atoms with Crippen LogP contribution in [0.2, 0.25) is 0 Å². The number of hydrogen-bond acceptors (Lipinski definition) is 9. The molecule has 0 bridgehead atoms. The number of aromatic hydroxyl groups is 1. The van der Waals surface area contributed by atoms with Crippen molar-refractivity contribution in [3.63, 3.8) is 0 Å². The summed E-state index contributed by atoms with van der Waals surface area (Å²) in [6, 6.07) is 2.60. The Kier molecular flexibility index (Phi) is 3.99. The maximum absolute atomic E-state index is 13.4. The van der Waals surface area contributed by atoms with Crippen molar-refractivity contribution in [3.05, 3.63) is 48.9 Å². The monoisotopic (exact) mass is 490 g/mol. The first-order valence-corrected chi connectivity index (χ1v) is 11.6. The lowest BCUT2D eigenvalue weighted by Gasteiger charge is -2.41. The van der Waals surface area contributed by atoms with Gasteiger partial charge in [-0.05, 0) is 30.7 Å². The number of methoxy groups -OCH3 is 2. The minimum Gasteiger partial charge on any atom is -0.509 e. The van der Waals surface area contributed by atoms with Gasteiger partial charge in [0.2, 0.25) is 6.79 Å². The highest BCUT2D eigenvalue weighted by Gasteiger charge is 2.54. The van der Waals surface area contributed by atoms with Gasteiger partial charge in [-0.3, -0.25) is 9.59 Å². The van der Waals surface area contributed by atoms with Gasteiger partial charge < -0.3 is 34.3 Å². The zero-order valence-corrected chi connectivity index (χ0v) is 19.7. The maximum Gasteiger partial charge on any atom is 0.230 e. The highest BCUT2D eigenvalue weighted by molar-refractivity contribution is 6.30. The number of aliphatic hydroxyl groups excluding tert-OH is 2. The molecule has 0 fully saturated rings. The molecule has 3 N–H and O–H groups in total. The second-order valence-corrected chi connectivity index (χ2v) is 9.90. The van der Waals surface area contributed by atoms with E-state index in [-0.39, 0.29) is 59.0 Å². The molecule has 2 aliphatic carbocycles. The summed E-state index contributed by atoms with van der Waals surface area (Å²) in [5, 5.41) is 36.2. The van der Waals surface area contributed by atoms with Crippen LogP contribution in [0.25, 0.3) is 38.1 Å². The van der Waals surface area contributed by atoms with E-state index >= 15 is 0 Å². The first-order valence-electron chi connectivity index (χ1n) is 11.6. The Morgan fingerprint density at radius 2 is 1.67 bits per heavy atom. The summed E-state index contributed by atoms with van der Waals surface area (Å²) in [6.45, 7) is 1.42.